The fraction of sp³-hybridized carbons (Fsp3) is 0.591. The van der Waals surface area contributed by atoms with E-state index in [2.05, 4.69) is 22.5 Å². The molecule has 1 aromatic heterocycles. The minimum atomic E-state index is -0.570. The number of carbonyl (C=O) groups is 2. The monoisotopic (exact) mass is 447 g/mol. The second kappa shape index (κ2) is 12.0. The van der Waals surface area contributed by atoms with E-state index in [-0.39, 0.29) is 11.9 Å². The van der Waals surface area contributed by atoms with Crippen molar-refractivity contribution < 1.29 is 14.3 Å². The number of unbranched alkanes of at least 4 members (excludes halogenated alkanes) is 1. The number of ether oxygens (including phenoxy) is 1. The van der Waals surface area contributed by atoms with Gasteiger partial charge in [-0.1, -0.05) is 25.5 Å². The lowest BCUT2D eigenvalue weighted by Gasteiger charge is -2.22. The summed E-state index contributed by atoms with van der Waals surface area (Å²) in [6, 6.07) is 7.01. The first-order valence-electron chi connectivity index (χ1n) is 11.0. The number of rotatable bonds is 12. The van der Waals surface area contributed by atoms with E-state index >= 15 is 0 Å². The molecule has 1 aliphatic heterocycles. The molecule has 0 fully saturated rings. The number of fused-ring (bicyclic) bond motifs is 3. The Morgan fingerprint density at radius 1 is 1.23 bits per heavy atom. The van der Waals surface area contributed by atoms with Crippen LogP contribution in [-0.4, -0.2) is 65.8 Å². The maximum absolute atomic E-state index is 13.0. The highest BCUT2D eigenvalue weighted by molar-refractivity contribution is 7.98. The van der Waals surface area contributed by atoms with Gasteiger partial charge < -0.3 is 19.9 Å². The number of para-hydroxylation sites is 2. The minimum Gasteiger partial charge on any atom is -0.381 e. The number of thioether (sulfide) groups is 1. The third-order valence-corrected chi connectivity index (χ3v) is 5.94. The molecule has 0 radical (unpaired) electrons. The normalized spacial score (nSPS) is 13.9. The van der Waals surface area contributed by atoms with Crippen molar-refractivity contribution in [1.82, 2.24) is 20.2 Å². The number of urea groups is 1. The van der Waals surface area contributed by atoms with Crippen LogP contribution in [-0.2, 0) is 16.1 Å². The van der Waals surface area contributed by atoms with Crippen LogP contribution in [0.25, 0.3) is 11.0 Å². The van der Waals surface area contributed by atoms with Crippen molar-refractivity contribution in [2.24, 2.45) is 0 Å². The Morgan fingerprint density at radius 3 is 2.84 bits per heavy atom. The van der Waals surface area contributed by atoms with Gasteiger partial charge >= 0.3 is 6.03 Å². The Hall–Kier alpha value is -2.26. The van der Waals surface area contributed by atoms with Gasteiger partial charge in [-0.3, -0.25) is 9.69 Å². The molecule has 2 aromatic rings. The van der Waals surface area contributed by atoms with E-state index in [0.717, 1.165) is 42.7 Å². The molecule has 1 unspecified atom stereocenters. The van der Waals surface area contributed by atoms with Crippen molar-refractivity contribution in [3.63, 3.8) is 0 Å². The Morgan fingerprint density at radius 2 is 2.03 bits per heavy atom. The standard InChI is InChI=1S/C22H33N5O3S/c1-3-4-14-30-15-7-11-23-20(28)18(10-16-31-2)25-22(29)27-13-12-26-19-9-6-5-8-17(19)24-21(26)27/h5-6,8-9,18H,3-4,7,10-16H2,1-2H3,(H,23,28)(H,25,29). The number of amides is 3. The van der Waals surface area contributed by atoms with Crippen molar-refractivity contribution in [3.8, 4) is 0 Å². The zero-order chi connectivity index (χ0) is 22.1. The minimum absolute atomic E-state index is 0.149. The van der Waals surface area contributed by atoms with E-state index in [9.17, 15) is 9.59 Å². The van der Waals surface area contributed by atoms with Crippen LogP contribution in [0.3, 0.4) is 0 Å². The first-order valence-corrected chi connectivity index (χ1v) is 12.4. The number of carbonyl (C=O) groups excluding carboxylic acids is 2. The molecular formula is C22H33N5O3S. The Bertz CT molecular complexity index is 872. The number of aromatic nitrogens is 2. The fourth-order valence-corrected chi connectivity index (χ4v) is 4.04. The zero-order valence-electron chi connectivity index (χ0n) is 18.4. The van der Waals surface area contributed by atoms with Crippen LogP contribution in [0.5, 0.6) is 0 Å². The summed E-state index contributed by atoms with van der Waals surface area (Å²) in [6.07, 6.45) is 5.50. The lowest BCUT2D eigenvalue weighted by Crippen LogP contribution is -2.51. The van der Waals surface area contributed by atoms with Crippen molar-refractivity contribution in [2.45, 2.75) is 45.2 Å². The van der Waals surface area contributed by atoms with Gasteiger partial charge in [0.05, 0.1) is 11.0 Å². The summed E-state index contributed by atoms with van der Waals surface area (Å²) in [5.41, 5.74) is 1.89. The quantitative estimate of drug-likeness (QED) is 0.488. The number of imidazole rings is 1. The molecule has 1 aromatic carbocycles. The third kappa shape index (κ3) is 6.13. The smallest absolute Gasteiger partial charge is 0.324 e. The highest BCUT2D eigenvalue weighted by Gasteiger charge is 2.30. The molecule has 0 spiro atoms. The summed E-state index contributed by atoms with van der Waals surface area (Å²) in [6.45, 7) is 5.30. The van der Waals surface area contributed by atoms with Gasteiger partial charge in [-0.2, -0.15) is 11.8 Å². The van der Waals surface area contributed by atoms with Crippen molar-refractivity contribution in [3.05, 3.63) is 24.3 Å². The topological polar surface area (TPSA) is 88.5 Å². The van der Waals surface area contributed by atoms with Crippen molar-refractivity contribution >= 4 is 40.7 Å². The highest BCUT2D eigenvalue weighted by atomic mass is 32.2. The molecule has 1 atom stereocenters. The number of anilines is 1. The van der Waals surface area contributed by atoms with Gasteiger partial charge in [0.2, 0.25) is 11.9 Å². The third-order valence-electron chi connectivity index (χ3n) is 5.30. The van der Waals surface area contributed by atoms with E-state index in [1.165, 1.54) is 0 Å². The first-order chi connectivity index (χ1) is 15.2. The predicted octanol–water partition coefficient (Wildman–Crippen LogP) is 3.01. The van der Waals surface area contributed by atoms with E-state index in [1.807, 2.05) is 35.1 Å². The molecule has 2 heterocycles. The van der Waals surface area contributed by atoms with Crippen LogP contribution < -0.4 is 15.5 Å². The molecule has 170 valence electrons. The summed E-state index contributed by atoms with van der Waals surface area (Å²) in [7, 11) is 0. The number of nitrogens with zero attached hydrogens (tertiary/aromatic N) is 3. The molecular weight excluding hydrogens is 414 g/mol. The molecule has 0 saturated carbocycles. The van der Waals surface area contributed by atoms with Crippen LogP contribution in [0.1, 0.15) is 32.6 Å². The summed E-state index contributed by atoms with van der Waals surface area (Å²) in [4.78, 5) is 31.9. The number of nitrogens with one attached hydrogen (secondary N) is 2. The summed E-state index contributed by atoms with van der Waals surface area (Å²) < 4.78 is 7.58. The molecule has 3 rings (SSSR count). The van der Waals surface area contributed by atoms with Crippen LogP contribution in [0.15, 0.2) is 24.3 Å². The van der Waals surface area contributed by atoms with Gasteiger partial charge in [0.1, 0.15) is 6.04 Å². The molecule has 2 N–H and O–H groups in total. The number of hydrogen-bond donors (Lipinski definition) is 2. The summed E-state index contributed by atoms with van der Waals surface area (Å²) >= 11 is 1.66. The Balaban J connectivity index is 1.54. The second-order valence-electron chi connectivity index (χ2n) is 7.60. The molecule has 0 saturated heterocycles. The summed E-state index contributed by atoms with van der Waals surface area (Å²) in [5.74, 6) is 1.27. The molecule has 3 amide bonds. The van der Waals surface area contributed by atoms with E-state index < -0.39 is 6.04 Å². The Kier molecular flexibility index (Phi) is 9.02. The molecule has 9 heteroatoms. The van der Waals surface area contributed by atoms with Gasteiger partial charge in [0.25, 0.3) is 0 Å². The maximum Gasteiger partial charge on any atom is 0.324 e. The van der Waals surface area contributed by atoms with Crippen LogP contribution in [0, 0.1) is 0 Å². The average Bonchev–Trinajstić information content (AvgIpc) is 3.35. The van der Waals surface area contributed by atoms with Gasteiger partial charge in [-0.25, -0.2) is 9.78 Å². The fourth-order valence-electron chi connectivity index (χ4n) is 3.57. The molecule has 31 heavy (non-hydrogen) atoms. The largest absolute Gasteiger partial charge is 0.381 e. The molecule has 0 bridgehead atoms. The van der Waals surface area contributed by atoms with Gasteiger partial charge in [-0.05, 0) is 43.4 Å². The molecule has 8 nitrogen and oxygen atoms in total. The SMILES string of the molecule is CCCCOCCCNC(=O)C(CCSC)NC(=O)N1CCn2c1nc1ccccc12. The molecule has 1 aliphatic rings. The lowest BCUT2D eigenvalue weighted by molar-refractivity contribution is -0.123. The van der Waals surface area contributed by atoms with E-state index in [1.54, 1.807) is 16.7 Å². The maximum atomic E-state index is 13.0. The van der Waals surface area contributed by atoms with Crippen molar-refractivity contribution in [1.29, 1.82) is 0 Å². The van der Waals surface area contributed by atoms with Gasteiger partial charge in [0.15, 0.2) is 0 Å². The van der Waals surface area contributed by atoms with E-state index in [4.69, 9.17) is 4.74 Å². The van der Waals surface area contributed by atoms with Crippen LogP contribution >= 0.6 is 11.8 Å². The van der Waals surface area contributed by atoms with Gasteiger partial charge in [0, 0.05) is 32.8 Å². The highest BCUT2D eigenvalue weighted by Crippen LogP contribution is 2.27. The van der Waals surface area contributed by atoms with Crippen LogP contribution in [0.4, 0.5) is 10.7 Å². The van der Waals surface area contributed by atoms with E-state index in [0.29, 0.717) is 38.6 Å². The Labute approximate surface area is 188 Å². The van der Waals surface area contributed by atoms with Crippen molar-refractivity contribution in [2.75, 3.05) is 43.2 Å². The number of benzene rings is 1. The summed E-state index contributed by atoms with van der Waals surface area (Å²) in [5, 5.41) is 5.86. The zero-order valence-corrected chi connectivity index (χ0v) is 19.2. The van der Waals surface area contributed by atoms with Gasteiger partial charge in [-0.15, -0.1) is 0 Å². The average molecular weight is 448 g/mol. The predicted molar refractivity (Wildman–Crippen MR) is 126 cm³/mol. The van der Waals surface area contributed by atoms with Crippen LogP contribution in [0.2, 0.25) is 0 Å². The number of hydrogen-bond acceptors (Lipinski definition) is 5. The lowest BCUT2D eigenvalue weighted by atomic mass is 10.2. The second-order valence-corrected chi connectivity index (χ2v) is 8.58. The first kappa shape index (κ1) is 23.4. The molecule has 0 aliphatic carbocycles.